The number of nitrogens with zero attached hydrogens (tertiary/aromatic N) is 2. The molecule has 0 spiro atoms. The van der Waals surface area contributed by atoms with E-state index in [1.54, 1.807) is 5.01 Å². The lowest BCUT2D eigenvalue weighted by molar-refractivity contribution is -0.159. The third-order valence-corrected chi connectivity index (χ3v) is 4.87. The predicted octanol–water partition coefficient (Wildman–Crippen LogP) is 3.33. The van der Waals surface area contributed by atoms with E-state index in [0.717, 1.165) is 49.7 Å². The summed E-state index contributed by atoms with van der Waals surface area (Å²) in [6.45, 7) is 4.61. The summed E-state index contributed by atoms with van der Waals surface area (Å²) in [5.74, 6) is 4.13. The summed E-state index contributed by atoms with van der Waals surface area (Å²) in [5, 5.41) is 16.5. The summed E-state index contributed by atoms with van der Waals surface area (Å²) >= 11 is 0. The first-order valence-corrected chi connectivity index (χ1v) is 10.7. The second-order valence-electron chi connectivity index (χ2n) is 7.44. The van der Waals surface area contributed by atoms with Crippen LogP contribution in [0.4, 0.5) is 0 Å². The Balaban J connectivity index is 0.000000534. The quantitative estimate of drug-likeness (QED) is 0.310. The number of ether oxygens (including phenoxy) is 1. The van der Waals surface area contributed by atoms with Crippen molar-refractivity contribution in [2.75, 3.05) is 19.7 Å². The van der Waals surface area contributed by atoms with Gasteiger partial charge >= 0.3 is 11.9 Å². The number of amidine groups is 1. The highest BCUT2D eigenvalue weighted by atomic mass is 16.5. The number of hydrogen-bond acceptors (Lipinski definition) is 6. The van der Waals surface area contributed by atoms with E-state index >= 15 is 0 Å². The van der Waals surface area contributed by atoms with Crippen LogP contribution in [0.5, 0.6) is 5.75 Å². The molecule has 0 saturated heterocycles. The Labute approximate surface area is 188 Å². The first-order valence-electron chi connectivity index (χ1n) is 10.7. The SMILES string of the molecule is CCCCCCOc1ccc(Cc2ccc(C3=NCCN3N)cc2)cc1.O=C(O)C(=O)O. The smallest absolute Gasteiger partial charge is 0.414 e. The fourth-order valence-electron chi connectivity index (χ4n) is 3.15. The average molecular weight is 442 g/mol. The van der Waals surface area contributed by atoms with Crippen molar-refractivity contribution in [3.63, 3.8) is 0 Å². The molecule has 0 aromatic heterocycles. The minimum Gasteiger partial charge on any atom is -0.494 e. The summed E-state index contributed by atoms with van der Waals surface area (Å²) in [6, 6.07) is 17.0. The number of unbranched alkanes of at least 4 members (excludes halogenated alkanes) is 3. The van der Waals surface area contributed by atoms with Gasteiger partial charge in [-0.25, -0.2) is 15.4 Å². The Morgan fingerprint density at radius 2 is 1.56 bits per heavy atom. The maximum Gasteiger partial charge on any atom is 0.414 e. The van der Waals surface area contributed by atoms with Crippen molar-refractivity contribution in [2.45, 2.75) is 39.0 Å². The summed E-state index contributed by atoms with van der Waals surface area (Å²) in [5.41, 5.74) is 3.65. The summed E-state index contributed by atoms with van der Waals surface area (Å²) in [7, 11) is 0. The maximum absolute atomic E-state index is 9.10. The Morgan fingerprint density at radius 1 is 0.969 bits per heavy atom. The number of aliphatic imine (C=N–C) groups is 1. The molecule has 0 fully saturated rings. The molecule has 0 unspecified atom stereocenters. The average Bonchev–Trinajstić information content (AvgIpc) is 3.21. The number of aliphatic carboxylic acids is 2. The van der Waals surface area contributed by atoms with E-state index in [9.17, 15) is 0 Å². The van der Waals surface area contributed by atoms with Crippen LogP contribution in [0.15, 0.2) is 53.5 Å². The number of hydrogen-bond donors (Lipinski definition) is 3. The summed E-state index contributed by atoms with van der Waals surface area (Å²) in [4.78, 5) is 22.7. The molecule has 0 radical (unpaired) electrons. The van der Waals surface area contributed by atoms with Crippen LogP contribution in [0.2, 0.25) is 0 Å². The van der Waals surface area contributed by atoms with E-state index in [4.69, 9.17) is 30.4 Å². The third kappa shape index (κ3) is 8.39. The molecule has 2 aromatic carbocycles. The van der Waals surface area contributed by atoms with E-state index in [1.165, 1.54) is 30.4 Å². The van der Waals surface area contributed by atoms with Gasteiger partial charge in [0.25, 0.3) is 0 Å². The fraction of sp³-hybridized carbons (Fsp3) is 0.375. The minimum absolute atomic E-state index is 0.778. The van der Waals surface area contributed by atoms with Crippen molar-refractivity contribution in [3.05, 3.63) is 65.2 Å². The number of nitrogens with two attached hydrogens (primary N) is 1. The van der Waals surface area contributed by atoms with Gasteiger partial charge < -0.3 is 14.9 Å². The van der Waals surface area contributed by atoms with E-state index < -0.39 is 11.9 Å². The van der Waals surface area contributed by atoms with Crippen molar-refractivity contribution in [2.24, 2.45) is 10.8 Å². The molecular formula is C24H31N3O5. The number of rotatable bonds is 9. The molecule has 1 heterocycles. The number of carboxylic acid groups (broad SMARTS) is 2. The normalized spacial score (nSPS) is 12.6. The van der Waals surface area contributed by atoms with Crippen molar-refractivity contribution in [1.29, 1.82) is 0 Å². The van der Waals surface area contributed by atoms with Gasteiger partial charge in [-0.2, -0.15) is 0 Å². The predicted molar refractivity (Wildman–Crippen MR) is 123 cm³/mol. The van der Waals surface area contributed by atoms with Crippen LogP contribution in [0.25, 0.3) is 0 Å². The van der Waals surface area contributed by atoms with Crippen molar-refractivity contribution in [1.82, 2.24) is 5.01 Å². The highest BCUT2D eigenvalue weighted by molar-refractivity contribution is 6.27. The number of benzene rings is 2. The second-order valence-corrected chi connectivity index (χ2v) is 7.44. The monoisotopic (exact) mass is 441 g/mol. The first kappa shape index (κ1) is 24.9. The molecule has 0 aliphatic carbocycles. The van der Waals surface area contributed by atoms with Crippen molar-refractivity contribution >= 4 is 17.8 Å². The summed E-state index contributed by atoms with van der Waals surface area (Å²) < 4.78 is 5.81. The highest BCUT2D eigenvalue weighted by Crippen LogP contribution is 2.17. The molecule has 8 heteroatoms. The Kier molecular flexibility index (Phi) is 10.2. The Bertz CT molecular complexity index is 883. The number of hydrazine groups is 1. The Morgan fingerprint density at radius 3 is 2.06 bits per heavy atom. The van der Waals surface area contributed by atoms with Gasteiger partial charge in [0.1, 0.15) is 11.6 Å². The van der Waals surface area contributed by atoms with Gasteiger partial charge in [0, 0.05) is 5.56 Å². The van der Waals surface area contributed by atoms with Gasteiger partial charge in [0.05, 0.1) is 19.7 Å². The van der Waals surface area contributed by atoms with Crippen LogP contribution in [-0.2, 0) is 16.0 Å². The molecule has 8 nitrogen and oxygen atoms in total. The van der Waals surface area contributed by atoms with Crippen LogP contribution >= 0.6 is 0 Å². The van der Waals surface area contributed by atoms with Gasteiger partial charge in [0.2, 0.25) is 0 Å². The zero-order valence-electron chi connectivity index (χ0n) is 18.4. The van der Waals surface area contributed by atoms with Gasteiger partial charge in [-0.3, -0.25) is 10.0 Å². The Hall–Kier alpha value is -3.39. The zero-order valence-corrected chi connectivity index (χ0v) is 18.4. The fourth-order valence-corrected chi connectivity index (χ4v) is 3.15. The van der Waals surface area contributed by atoms with E-state index in [1.807, 2.05) is 0 Å². The molecule has 4 N–H and O–H groups in total. The van der Waals surface area contributed by atoms with E-state index in [0.29, 0.717) is 0 Å². The van der Waals surface area contributed by atoms with Crippen LogP contribution < -0.4 is 10.6 Å². The number of carboxylic acids is 2. The molecular weight excluding hydrogens is 410 g/mol. The maximum atomic E-state index is 9.10. The lowest BCUT2D eigenvalue weighted by Crippen LogP contribution is -2.34. The van der Waals surface area contributed by atoms with Crippen molar-refractivity contribution in [3.8, 4) is 5.75 Å². The van der Waals surface area contributed by atoms with Gasteiger partial charge in [-0.15, -0.1) is 0 Å². The molecule has 0 amide bonds. The molecule has 0 saturated carbocycles. The lowest BCUT2D eigenvalue weighted by atomic mass is 10.0. The highest BCUT2D eigenvalue weighted by Gasteiger charge is 2.14. The lowest BCUT2D eigenvalue weighted by Gasteiger charge is -2.13. The van der Waals surface area contributed by atoms with Crippen LogP contribution in [0.1, 0.15) is 49.3 Å². The molecule has 172 valence electrons. The molecule has 3 rings (SSSR count). The molecule has 2 aromatic rings. The molecule has 1 aliphatic heterocycles. The first-order chi connectivity index (χ1) is 15.4. The van der Waals surface area contributed by atoms with Gasteiger partial charge in [-0.1, -0.05) is 62.6 Å². The minimum atomic E-state index is -1.82. The zero-order chi connectivity index (χ0) is 23.3. The topological polar surface area (TPSA) is 125 Å². The van der Waals surface area contributed by atoms with E-state index in [-0.39, 0.29) is 0 Å². The van der Waals surface area contributed by atoms with Crippen LogP contribution in [0.3, 0.4) is 0 Å². The standard InChI is InChI=1S/C22H29N3O.C2H2O4/c1-2-3-4-5-16-26-21-12-8-19(9-13-21)17-18-6-10-20(11-7-18)22-24-14-15-25(22)23;3-1(4)2(5)6/h6-13H,2-5,14-17,23H2,1H3;(H,3,4)(H,5,6). The second kappa shape index (κ2) is 13.1. The third-order valence-electron chi connectivity index (χ3n) is 4.87. The van der Waals surface area contributed by atoms with Crippen LogP contribution in [0, 0.1) is 0 Å². The largest absolute Gasteiger partial charge is 0.494 e. The van der Waals surface area contributed by atoms with Gasteiger partial charge in [0.15, 0.2) is 0 Å². The van der Waals surface area contributed by atoms with Crippen LogP contribution in [-0.4, -0.2) is 52.7 Å². The van der Waals surface area contributed by atoms with E-state index in [2.05, 4.69) is 60.4 Å². The molecule has 0 bridgehead atoms. The molecule has 32 heavy (non-hydrogen) atoms. The molecule has 0 atom stereocenters. The van der Waals surface area contributed by atoms with Gasteiger partial charge in [-0.05, 0) is 36.1 Å². The molecule has 1 aliphatic rings. The van der Waals surface area contributed by atoms with Crippen molar-refractivity contribution < 1.29 is 24.5 Å². The number of carbonyl (C=O) groups is 2. The summed E-state index contributed by atoms with van der Waals surface area (Å²) in [6.07, 6.45) is 5.84.